The Balaban J connectivity index is 1.28. The van der Waals surface area contributed by atoms with Crippen molar-refractivity contribution in [3.63, 3.8) is 0 Å². The zero-order chi connectivity index (χ0) is 22.4. The maximum atomic E-state index is 12.4. The van der Waals surface area contributed by atoms with Gasteiger partial charge in [0.05, 0.1) is 34.3 Å². The van der Waals surface area contributed by atoms with Crippen molar-refractivity contribution < 1.29 is 13.2 Å². The summed E-state index contributed by atoms with van der Waals surface area (Å²) in [6, 6.07) is 18.2. The minimum absolute atomic E-state index is 0.0601. The van der Waals surface area contributed by atoms with Crippen molar-refractivity contribution in [2.75, 3.05) is 4.72 Å². The summed E-state index contributed by atoms with van der Waals surface area (Å²) in [6.45, 7) is 0.335. The highest BCUT2D eigenvalue weighted by Gasteiger charge is 2.16. The number of carbonyl (C=O) groups is 1. The number of benzene rings is 2. The summed E-state index contributed by atoms with van der Waals surface area (Å²) in [4.78, 5) is 21.2. The molecule has 0 bridgehead atoms. The lowest BCUT2D eigenvalue weighted by Crippen LogP contribution is -2.24. The number of hydrogen-bond acceptors (Lipinski definition) is 7. The van der Waals surface area contributed by atoms with Gasteiger partial charge >= 0.3 is 0 Å². The van der Waals surface area contributed by atoms with Crippen molar-refractivity contribution in [1.29, 1.82) is 0 Å². The second-order valence-corrected chi connectivity index (χ2v) is 10.4. The van der Waals surface area contributed by atoms with Gasteiger partial charge in [0.15, 0.2) is 5.13 Å². The van der Waals surface area contributed by atoms with Gasteiger partial charge in [0, 0.05) is 17.2 Å². The van der Waals surface area contributed by atoms with Crippen molar-refractivity contribution >= 4 is 43.7 Å². The van der Waals surface area contributed by atoms with Crippen LogP contribution in [0.5, 0.6) is 0 Å². The van der Waals surface area contributed by atoms with Gasteiger partial charge in [-0.1, -0.05) is 48.5 Å². The molecule has 0 aliphatic heterocycles. The largest absolute Gasteiger partial charge is 0.350 e. The average Bonchev–Trinajstić information content (AvgIpc) is 3.42. The molecule has 0 saturated carbocycles. The Hall–Kier alpha value is -3.08. The number of nitrogens with one attached hydrogen (secondary N) is 2. The van der Waals surface area contributed by atoms with Crippen LogP contribution >= 0.6 is 22.7 Å². The molecule has 1 amide bonds. The number of nitrogens with zero attached hydrogens (tertiary/aromatic N) is 2. The van der Waals surface area contributed by atoms with Crippen LogP contribution in [0.2, 0.25) is 0 Å². The lowest BCUT2D eigenvalue weighted by Gasteiger charge is -2.04. The Bertz CT molecular complexity index is 1290. The lowest BCUT2D eigenvalue weighted by molar-refractivity contribution is -0.120. The van der Waals surface area contributed by atoms with Crippen molar-refractivity contribution in [1.82, 2.24) is 15.3 Å². The van der Waals surface area contributed by atoms with E-state index in [1.165, 1.54) is 17.7 Å². The minimum Gasteiger partial charge on any atom is -0.350 e. The van der Waals surface area contributed by atoms with E-state index in [2.05, 4.69) is 32.1 Å². The molecule has 2 aromatic heterocycles. The van der Waals surface area contributed by atoms with Gasteiger partial charge < -0.3 is 5.32 Å². The third-order valence-electron chi connectivity index (χ3n) is 4.43. The van der Waals surface area contributed by atoms with E-state index in [0.29, 0.717) is 12.2 Å². The smallest absolute Gasteiger partial charge is 0.263 e. The van der Waals surface area contributed by atoms with E-state index in [1.807, 2.05) is 23.6 Å². The molecule has 0 unspecified atom stereocenters. The standard InChI is InChI=1S/C22H20N4O3S3/c27-20(23-13-18-15-30-21(24-18)11-16-7-3-1-4-8-16)12-17-14-31-22(25-17)26-32(28,29)19-9-5-2-6-10-19/h1-10,14-15H,11-13H2,(H,23,27)(H,25,26). The van der Waals surface area contributed by atoms with Gasteiger partial charge in [-0.2, -0.15) is 0 Å². The van der Waals surface area contributed by atoms with Crippen LogP contribution in [-0.2, 0) is 34.2 Å². The van der Waals surface area contributed by atoms with Crippen molar-refractivity contribution in [3.8, 4) is 0 Å². The molecule has 4 rings (SSSR count). The molecule has 7 nitrogen and oxygen atoms in total. The van der Waals surface area contributed by atoms with E-state index in [0.717, 1.165) is 28.5 Å². The molecule has 10 heteroatoms. The summed E-state index contributed by atoms with van der Waals surface area (Å²) in [5, 5.41) is 7.67. The molecule has 4 aromatic rings. The van der Waals surface area contributed by atoms with Crippen molar-refractivity contribution in [2.45, 2.75) is 24.3 Å². The highest BCUT2D eigenvalue weighted by Crippen LogP contribution is 2.20. The second kappa shape index (κ2) is 10.0. The summed E-state index contributed by atoms with van der Waals surface area (Å²) in [5.41, 5.74) is 2.50. The Kier molecular flexibility index (Phi) is 6.93. The molecule has 0 saturated heterocycles. The fourth-order valence-electron chi connectivity index (χ4n) is 2.91. The van der Waals surface area contributed by atoms with Crippen LogP contribution in [-0.4, -0.2) is 24.3 Å². The van der Waals surface area contributed by atoms with Crippen LogP contribution < -0.4 is 10.0 Å². The van der Waals surface area contributed by atoms with E-state index in [-0.39, 0.29) is 22.4 Å². The number of hydrogen-bond donors (Lipinski definition) is 2. The third-order valence-corrected chi connectivity index (χ3v) is 7.62. The Morgan fingerprint density at radius 3 is 2.31 bits per heavy atom. The third kappa shape index (κ3) is 6.00. The predicted molar refractivity (Wildman–Crippen MR) is 126 cm³/mol. The zero-order valence-corrected chi connectivity index (χ0v) is 19.3. The van der Waals surface area contributed by atoms with Crippen LogP contribution in [0.1, 0.15) is 22.0 Å². The number of sulfonamides is 1. The number of rotatable bonds is 9. The van der Waals surface area contributed by atoms with Crippen molar-refractivity contribution in [2.24, 2.45) is 0 Å². The van der Waals surface area contributed by atoms with E-state index in [1.54, 1.807) is 34.9 Å². The van der Waals surface area contributed by atoms with Gasteiger partial charge in [-0.3, -0.25) is 9.52 Å². The predicted octanol–water partition coefficient (Wildman–Crippen LogP) is 3.85. The monoisotopic (exact) mass is 484 g/mol. The molecule has 0 aliphatic rings. The van der Waals surface area contributed by atoms with Gasteiger partial charge in [0.25, 0.3) is 10.0 Å². The first kappa shape index (κ1) is 22.1. The van der Waals surface area contributed by atoms with Gasteiger partial charge in [-0.05, 0) is 17.7 Å². The summed E-state index contributed by atoms with van der Waals surface area (Å²) in [7, 11) is -3.70. The first-order valence-electron chi connectivity index (χ1n) is 9.74. The summed E-state index contributed by atoms with van der Waals surface area (Å²) >= 11 is 2.71. The fourth-order valence-corrected chi connectivity index (χ4v) is 5.72. The second-order valence-electron chi connectivity index (χ2n) is 6.91. The number of anilines is 1. The molecular weight excluding hydrogens is 464 g/mol. The quantitative estimate of drug-likeness (QED) is 0.376. The maximum absolute atomic E-state index is 12.4. The Labute approximate surface area is 194 Å². The van der Waals surface area contributed by atoms with E-state index in [4.69, 9.17) is 0 Å². The fraction of sp³-hybridized carbons (Fsp3) is 0.136. The Morgan fingerprint density at radius 1 is 0.875 bits per heavy atom. The van der Waals surface area contributed by atoms with Crippen LogP contribution in [0.3, 0.4) is 0 Å². The molecule has 32 heavy (non-hydrogen) atoms. The van der Waals surface area contributed by atoms with Gasteiger partial charge in [0.2, 0.25) is 5.91 Å². The van der Waals surface area contributed by atoms with Crippen LogP contribution in [0.15, 0.2) is 76.3 Å². The van der Waals surface area contributed by atoms with Crippen LogP contribution in [0.25, 0.3) is 0 Å². The van der Waals surface area contributed by atoms with Crippen molar-refractivity contribution in [3.05, 3.63) is 93.4 Å². The van der Waals surface area contributed by atoms with E-state index >= 15 is 0 Å². The van der Waals surface area contributed by atoms with Crippen LogP contribution in [0, 0.1) is 0 Å². The SMILES string of the molecule is O=C(Cc1csc(NS(=O)(=O)c2ccccc2)n1)NCc1csc(Cc2ccccc2)n1. The molecule has 2 N–H and O–H groups in total. The lowest BCUT2D eigenvalue weighted by atomic mass is 10.2. The topological polar surface area (TPSA) is 101 Å². The summed E-state index contributed by atoms with van der Waals surface area (Å²) in [6.07, 6.45) is 0.824. The number of amides is 1. The first-order valence-corrected chi connectivity index (χ1v) is 13.0. The molecular formula is C22H20N4O3S3. The molecule has 2 heterocycles. The van der Waals surface area contributed by atoms with Crippen LogP contribution in [0.4, 0.5) is 5.13 Å². The molecule has 164 valence electrons. The Morgan fingerprint density at radius 2 is 1.56 bits per heavy atom. The molecule has 0 radical (unpaired) electrons. The zero-order valence-electron chi connectivity index (χ0n) is 16.9. The molecule has 0 aliphatic carbocycles. The van der Waals surface area contributed by atoms with E-state index < -0.39 is 10.0 Å². The average molecular weight is 485 g/mol. The number of aromatic nitrogens is 2. The van der Waals surface area contributed by atoms with Gasteiger partial charge in [0.1, 0.15) is 0 Å². The maximum Gasteiger partial charge on any atom is 0.263 e. The number of carbonyl (C=O) groups excluding carboxylic acids is 1. The first-order chi connectivity index (χ1) is 15.5. The highest BCUT2D eigenvalue weighted by atomic mass is 32.2. The number of thiazole rings is 2. The molecule has 0 spiro atoms. The normalized spacial score (nSPS) is 11.2. The van der Waals surface area contributed by atoms with Gasteiger partial charge in [-0.15, -0.1) is 22.7 Å². The molecule has 0 fully saturated rings. The molecule has 2 aromatic carbocycles. The van der Waals surface area contributed by atoms with E-state index in [9.17, 15) is 13.2 Å². The molecule has 0 atom stereocenters. The highest BCUT2D eigenvalue weighted by molar-refractivity contribution is 7.93. The minimum atomic E-state index is -3.70. The van der Waals surface area contributed by atoms with Gasteiger partial charge in [-0.25, -0.2) is 18.4 Å². The summed E-state index contributed by atoms with van der Waals surface area (Å²) < 4.78 is 27.2. The summed E-state index contributed by atoms with van der Waals surface area (Å²) in [5.74, 6) is -0.203.